The van der Waals surface area contributed by atoms with Crippen molar-refractivity contribution in [1.29, 1.82) is 0 Å². The lowest BCUT2D eigenvalue weighted by atomic mass is 10.1. The lowest BCUT2D eigenvalue weighted by molar-refractivity contribution is 0.577. The van der Waals surface area contributed by atoms with Crippen LogP contribution in [0.25, 0.3) is 0 Å². The normalized spacial score (nSPS) is 13.0. The zero-order chi connectivity index (χ0) is 17.6. The van der Waals surface area contributed by atoms with Crippen LogP contribution in [-0.4, -0.2) is 0 Å². The van der Waals surface area contributed by atoms with Crippen molar-refractivity contribution in [2.24, 2.45) is 0 Å². The van der Waals surface area contributed by atoms with Crippen LogP contribution < -0.4 is 0 Å². The van der Waals surface area contributed by atoms with Gasteiger partial charge in [-0.1, -0.05) is 137 Å². The lowest BCUT2D eigenvalue weighted by Gasteiger charge is -1.99. The predicted octanol–water partition coefficient (Wildman–Crippen LogP) is 8.04. The monoisotopic (exact) mass is 324 g/mol. The highest BCUT2D eigenvalue weighted by atomic mass is 14.0. The maximum Gasteiger partial charge on any atom is -0.0348 e. The Hall–Kier alpha value is -1.82. The maximum atomic E-state index is 3.62. The molecule has 0 unspecified atom stereocenters. The highest BCUT2D eigenvalue weighted by molar-refractivity contribution is 5.20. The Morgan fingerprint density at radius 3 is 1.42 bits per heavy atom. The fraction of sp³-hybridized carbons (Fsp3) is 0.417. The van der Waals surface area contributed by atoms with E-state index in [1.54, 1.807) is 6.08 Å². The first kappa shape index (κ1) is 22.2. The SMILES string of the molecule is C=CC=CC=CC=CC=CC=CC=CCCCCCCCCCC. The van der Waals surface area contributed by atoms with E-state index in [1.807, 2.05) is 48.6 Å². The summed E-state index contributed by atoms with van der Waals surface area (Å²) in [5, 5.41) is 0. The highest BCUT2D eigenvalue weighted by Crippen LogP contribution is 2.09. The van der Waals surface area contributed by atoms with Crippen LogP contribution in [0.3, 0.4) is 0 Å². The summed E-state index contributed by atoms with van der Waals surface area (Å²) in [4.78, 5) is 0. The van der Waals surface area contributed by atoms with Crippen molar-refractivity contribution in [2.45, 2.75) is 64.7 Å². The number of rotatable bonds is 15. The minimum Gasteiger partial charge on any atom is -0.0991 e. The molecular formula is C24H36. The van der Waals surface area contributed by atoms with Crippen LogP contribution in [0.1, 0.15) is 64.7 Å². The zero-order valence-electron chi connectivity index (χ0n) is 15.6. The number of unbranched alkanes of at least 4 members (excludes halogenated alkanes) is 8. The molecule has 0 saturated heterocycles. The van der Waals surface area contributed by atoms with Crippen LogP contribution >= 0.6 is 0 Å². The predicted molar refractivity (Wildman–Crippen MR) is 112 cm³/mol. The van der Waals surface area contributed by atoms with E-state index >= 15 is 0 Å². The first-order chi connectivity index (χ1) is 11.9. The van der Waals surface area contributed by atoms with Gasteiger partial charge >= 0.3 is 0 Å². The average Bonchev–Trinajstić information content (AvgIpc) is 2.60. The quantitative estimate of drug-likeness (QED) is 0.211. The van der Waals surface area contributed by atoms with Crippen LogP contribution in [-0.2, 0) is 0 Å². The van der Waals surface area contributed by atoms with Crippen molar-refractivity contribution < 1.29 is 0 Å². The smallest absolute Gasteiger partial charge is 0.0348 e. The number of allylic oxidation sites excluding steroid dienone is 13. The summed E-state index contributed by atoms with van der Waals surface area (Å²) < 4.78 is 0. The lowest BCUT2D eigenvalue weighted by Crippen LogP contribution is -1.79. The van der Waals surface area contributed by atoms with Crippen molar-refractivity contribution in [2.75, 3.05) is 0 Å². The van der Waals surface area contributed by atoms with Crippen molar-refractivity contribution in [3.05, 3.63) is 85.6 Å². The molecule has 0 aromatic heterocycles. The summed E-state index contributed by atoms with van der Waals surface area (Å²) in [6.07, 6.45) is 38.6. The first-order valence-electron chi connectivity index (χ1n) is 9.52. The van der Waals surface area contributed by atoms with Gasteiger partial charge in [0.15, 0.2) is 0 Å². The van der Waals surface area contributed by atoms with E-state index in [-0.39, 0.29) is 0 Å². The van der Waals surface area contributed by atoms with Gasteiger partial charge < -0.3 is 0 Å². The minimum absolute atomic E-state index is 1.20. The first-order valence-corrected chi connectivity index (χ1v) is 9.52. The van der Waals surface area contributed by atoms with E-state index in [4.69, 9.17) is 0 Å². The Kier molecular flexibility index (Phi) is 19.6. The molecule has 0 aliphatic heterocycles. The van der Waals surface area contributed by atoms with Crippen molar-refractivity contribution in [1.82, 2.24) is 0 Å². The topological polar surface area (TPSA) is 0 Å². The summed E-state index contributed by atoms with van der Waals surface area (Å²) in [5.41, 5.74) is 0. The van der Waals surface area contributed by atoms with E-state index in [0.717, 1.165) is 0 Å². The second-order valence-corrected chi connectivity index (χ2v) is 5.85. The molecule has 0 aliphatic carbocycles. The summed E-state index contributed by atoms with van der Waals surface area (Å²) in [5.74, 6) is 0. The number of hydrogen-bond acceptors (Lipinski definition) is 0. The van der Waals surface area contributed by atoms with Gasteiger partial charge in [0, 0.05) is 0 Å². The van der Waals surface area contributed by atoms with Gasteiger partial charge in [-0.2, -0.15) is 0 Å². The Balaban J connectivity index is 3.49. The van der Waals surface area contributed by atoms with E-state index in [9.17, 15) is 0 Å². The van der Waals surface area contributed by atoms with Gasteiger partial charge in [0.25, 0.3) is 0 Å². The van der Waals surface area contributed by atoms with Crippen LogP contribution in [0.2, 0.25) is 0 Å². The molecule has 0 N–H and O–H groups in total. The molecule has 0 aromatic carbocycles. The van der Waals surface area contributed by atoms with Gasteiger partial charge in [0.1, 0.15) is 0 Å². The number of hydrogen-bond donors (Lipinski definition) is 0. The summed E-state index contributed by atoms with van der Waals surface area (Å²) in [6, 6.07) is 0. The molecule has 0 nitrogen and oxygen atoms in total. The Morgan fingerprint density at radius 2 is 0.917 bits per heavy atom. The van der Waals surface area contributed by atoms with Crippen LogP contribution in [0.4, 0.5) is 0 Å². The molecular weight excluding hydrogens is 288 g/mol. The third kappa shape index (κ3) is 20.2. The fourth-order valence-corrected chi connectivity index (χ4v) is 2.23. The van der Waals surface area contributed by atoms with Gasteiger partial charge in [-0.3, -0.25) is 0 Å². The molecule has 0 atom stereocenters. The molecule has 0 bridgehead atoms. The Labute approximate surface area is 150 Å². The average molecular weight is 325 g/mol. The molecule has 0 radical (unpaired) electrons. The highest BCUT2D eigenvalue weighted by Gasteiger charge is 1.89. The Morgan fingerprint density at radius 1 is 0.500 bits per heavy atom. The van der Waals surface area contributed by atoms with Crippen LogP contribution in [0, 0.1) is 0 Å². The molecule has 0 heteroatoms. The molecule has 0 spiro atoms. The van der Waals surface area contributed by atoms with Crippen LogP contribution in [0.5, 0.6) is 0 Å². The summed E-state index contributed by atoms with van der Waals surface area (Å²) in [7, 11) is 0. The van der Waals surface area contributed by atoms with Gasteiger partial charge in [-0.15, -0.1) is 0 Å². The van der Waals surface area contributed by atoms with E-state index in [0.29, 0.717) is 0 Å². The standard InChI is InChI=1S/C24H36/c1-3-5-7-9-11-13-15-17-19-21-23-24-22-20-18-16-14-12-10-8-6-4-2/h3,5,7,9,11,13,15,17,19,21-24H,1,4,6,8,10,12,14,16,18,20H2,2H3. The van der Waals surface area contributed by atoms with Crippen molar-refractivity contribution in [3.8, 4) is 0 Å². The molecule has 0 rings (SSSR count). The second kappa shape index (κ2) is 21.2. The van der Waals surface area contributed by atoms with E-state index < -0.39 is 0 Å². The Bertz CT molecular complexity index is 427. The van der Waals surface area contributed by atoms with Gasteiger partial charge in [-0.05, 0) is 12.8 Å². The van der Waals surface area contributed by atoms with E-state index in [1.165, 1.54) is 57.8 Å². The zero-order valence-corrected chi connectivity index (χ0v) is 15.6. The second-order valence-electron chi connectivity index (χ2n) is 5.85. The molecule has 24 heavy (non-hydrogen) atoms. The van der Waals surface area contributed by atoms with Gasteiger partial charge in [-0.25, -0.2) is 0 Å². The third-order valence-corrected chi connectivity index (χ3v) is 3.61. The maximum absolute atomic E-state index is 3.62. The molecule has 0 fully saturated rings. The summed E-state index contributed by atoms with van der Waals surface area (Å²) in [6.45, 7) is 5.89. The molecule has 0 aromatic rings. The molecule has 0 aliphatic rings. The molecule has 0 saturated carbocycles. The van der Waals surface area contributed by atoms with E-state index in [2.05, 4.69) is 37.8 Å². The van der Waals surface area contributed by atoms with Crippen LogP contribution in [0.15, 0.2) is 85.6 Å². The fourth-order valence-electron chi connectivity index (χ4n) is 2.23. The molecule has 0 heterocycles. The molecule has 132 valence electrons. The van der Waals surface area contributed by atoms with Gasteiger partial charge in [0.05, 0.1) is 0 Å². The largest absolute Gasteiger partial charge is 0.0991 e. The van der Waals surface area contributed by atoms with Crippen molar-refractivity contribution in [3.63, 3.8) is 0 Å². The van der Waals surface area contributed by atoms with Gasteiger partial charge in [0.2, 0.25) is 0 Å². The van der Waals surface area contributed by atoms with Crippen molar-refractivity contribution >= 4 is 0 Å². The third-order valence-electron chi connectivity index (χ3n) is 3.61. The molecule has 0 amide bonds. The summed E-state index contributed by atoms with van der Waals surface area (Å²) >= 11 is 0. The minimum atomic E-state index is 1.20.